The summed E-state index contributed by atoms with van der Waals surface area (Å²) in [6.45, 7) is 4.78. The molecular formula is C22H20I2N2. The highest BCUT2D eigenvalue weighted by Crippen LogP contribution is 2.76. The van der Waals surface area contributed by atoms with Gasteiger partial charge in [-0.15, -0.1) is 0 Å². The Morgan fingerprint density at radius 2 is 1.46 bits per heavy atom. The van der Waals surface area contributed by atoms with E-state index in [9.17, 15) is 0 Å². The van der Waals surface area contributed by atoms with Crippen molar-refractivity contribution in [1.82, 2.24) is 0 Å². The average Bonchev–Trinajstić information content (AvgIpc) is 3.22. The zero-order valence-corrected chi connectivity index (χ0v) is 19.1. The Morgan fingerprint density at radius 3 is 2.08 bits per heavy atom. The summed E-state index contributed by atoms with van der Waals surface area (Å²) in [6, 6.07) is 17.8. The average molecular weight is 566 g/mol. The maximum Gasteiger partial charge on any atom is 0.121 e. The van der Waals surface area contributed by atoms with Crippen LogP contribution >= 0.6 is 45.2 Å². The van der Waals surface area contributed by atoms with Gasteiger partial charge in [-0.05, 0) is 87.0 Å². The van der Waals surface area contributed by atoms with E-state index in [1.165, 1.54) is 18.3 Å². The van der Waals surface area contributed by atoms with Crippen LogP contribution in [-0.4, -0.2) is 0 Å². The summed E-state index contributed by atoms with van der Waals surface area (Å²) in [5.74, 6) is 0.886. The summed E-state index contributed by atoms with van der Waals surface area (Å²) >= 11 is 4.82. The lowest BCUT2D eigenvalue weighted by Crippen LogP contribution is -2.44. The van der Waals surface area contributed by atoms with Crippen LogP contribution in [0.4, 0.5) is 0 Å². The molecule has 2 aromatic rings. The zero-order chi connectivity index (χ0) is 18.2. The standard InChI is InChI=1S/C22H20I2N2/c1-20(2)21(14-6-3-8-16(23)12-14)18-10-5-11-19(18)22(20,26-25-21)15-7-4-9-17(24)13-15/h3-10,12-13,18-19H,11H2,1-2H3/t18-,19+,21-,22+/m1/s1. The topological polar surface area (TPSA) is 24.7 Å². The van der Waals surface area contributed by atoms with Crippen LogP contribution in [0.15, 0.2) is 70.9 Å². The van der Waals surface area contributed by atoms with Crippen LogP contribution in [0.2, 0.25) is 0 Å². The van der Waals surface area contributed by atoms with Gasteiger partial charge in [0.25, 0.3) is 0 Å². The first-order chi connectivity index (χ1) is 12.4. The highest BCUT2D eigenvalue weighted by Gasteiger charge is 2.77. The highest BCUT2D eigenvalue weighted by atomic mass is 127. The Morgan fingerprint density at radius 1 is 0.885 bits per heavy atom. The summed E-state index contributed by atoms with van der Waals surface area (Å²) in [5.41, 5.74) is 2.00. The molecule has 2 aromatic carbocycles. The molecule has 0 aromatic heterocycles. The van der Waals surface area contributed by atoms with Crippen molar-refractivity contribution < 1.29 is 0 Å². The van der Waals surface area contributed by atoms with E-state index in [0.717, 1.165) is 6.42 Å². The minimum Gasteiger partial charge on any atom is -0.181 e. The fourth-order valence-corrected chi connectivity index (χ4v) is 7.01. The summed E-state index contributed by atoms with van der Waals surface area (Å²) in [5, 5.41) is 10.2. The number of fused-ring (bicyclic) bond motifs is 5. The zero-order valence-electron chi connectivity index (χ0n) is 14.8. The number of allylic oxidation sites excluding steroid dienone is 1. The van der Waals surface area contributed by atoms with E-state index < -0.39 is 0 Å². The number of benzene rings is 2. The normalized spacial score (nSPS) is 35.8. The van der Waals surface area contributed by atoms with Crippen molar-refractivity contribution >= 4 is 45.2 Å². The molecule has 0 radical (unpaired) electrons. The van der Waals surface area contributed by atoms with E-state index in [4.69, 9.17) is 10.2 Å². The van der Waals surface area contributed by atoms with Gasteiger partial charge in [0.2, 0.25) is 0 Å². The molecule has 4 atom stereocenters. The van der Waals surface area contributed by atoms with Crippen molar-refractivity contribution in [3.8, 4) is 0 Å². The molecule has 1 saturated carbocycles. The first-order valence-electron chi connectivity index (χ1n) is 9.06. The second kappa shape index (κ2) is 5.63. The Bertz CT molecular complexity index is 964. The predicted octanol–water partition coefficient (Wildman–Crippen LogP) is 6.68. The van der Waals surface area contributed by atoms with Gasteiger partial charge in [0.1, 0.15) is 11.1 Å². The summed E-state index contributed by atoms with van der Waals surface area (Å²) in [4.78, 5) is 0. The first kappa shape index (κ1) is 17.3. The molecule has 2 bridgehead atoms. The van der Waals surface area contributed by atoms with Crippen LogP contribution in [0.3, 0.4) is 0 Å². The van der Waals surface area contributed by atoms with Crippen LogP contribution in [0, 0.1) is 24.4 Å². The third-order valence-corrected chi connectivity index (χ3v) is 8.33. The molecule has 4 heteroatoms. The maximum absolute atomic E-state index is 5.10. The molecule has 1 fully saturated rings. The summed E-state index contributed by atoms with van der Waals surface area (Å²) in [6.07, 6.45) is 5.86. The molecule has 1 aliphatic heterocycles. The monoisotopic (exact) mass is 566 g/mol. The van der Waals surface area contributed by atoms with Crippen molar-refractivity contribution in [3.05, 3.63) is 79.0 Å². The lowest BCUT2D eigenvalue weighted by molar-refractivity contribution is 0.150. The fraction of sp³-hybridized carbons (Fsp3) is 0.364. The summed E-state index contributed by atoms with van der Waals surface area (Å²) in [7, 11) is 0. The Balaban J connectivity index is 1.80. The van der Waals surface area contributed by atoms with Gasteiger partial charge < -0.3 is 0 Å². The van der Waals surface area contributed by atoms with E-state index in [1.54, 1.807) is 0 Å². The van der Waals surface area contributed by atoms with Gasteiger partial charge in [0.15, 0.2) is 0 Å². The molecule has 2 nitrogen and oxygen atoms in total. The minimum atomic E-state index is -0.285. The first-order valence-corrected chi connectivity index (χ1v) is 11.2. The van der Waals surface area contributed by atoms with Crippen molar-refractivity contribution in [1.29, 1.82) is 0 Å². The largest absolute Gasteiger partial charge is 0.181 e. The quantitative estimate of drug-likeness (QED) is 0.286. The number of hydrogen-bond acceptors (Lipinski definition) is 2. The van der Waals surface area contributed by atoms with Gasteiger partial charge >= 0.3 is 0 Å². The Labute approximate surface area is 181 Å². The molecule has 1 heterocycles. The number of nitrogens with zero attached hydrogens (tertiary/aromatic N) is 2. The number of halogens is 2. The second-order valence-electron chi connectivity index (χ2n) is 8.17. The van der Waals surface area contributed by atoms with Gasteiger partial charge in [-0.3, -0.25) is 0 Å². The Hall–Kier alpha value is -0.760. The van der Waals surface area contributed by atoms with Crippen molar-refractivity contribution in [3.63, 3.8) is 0 Å². The van der Waals surface area contributed by atoms with Gasteiger partial charge in [-0.25, -0.2) is 0 Å². The van der Waals surface area contributed by atoms with E-state index in [2.05, 4.69) is 120 Å². The van der Waals surface area contributed by atoms with E-state index in [-0.39, 0.29) is 16.5 Å². The van der Waals surface area contributed by atoms with Gasteiger partial charge in [0, 0.05) is 24.4 Å². The fourth-order valence-electron chi connectivity index (χ4n) is 5.93. The van der Waals surface area contributed by atoms with E-state index >= 15 is 0 Å². The minimum absolute atomic E-state index is 0.0883. The predicted molar refractivity (Wildman–Crippen MR) is 121 cm³/mol. The molecule has 0 spiro atoms. The lowest BCUT2D eigenvalue weighted by Gasteiger charge is -2.41. The molecule has 0 N–H and O–H groups in total. The van der Waals surface area contributed by atoms with E-state index in [1.807, 2.05) is 0 Å². The van der Waals surface area contributed by atoms with Crippen molar-refractivity contribution in [2.24, 2.45) is 27.5 Å². The Kier molecular flexibility index (Phi) is 3.75. The second-order valence-corrected chi connectivity index (χ2v) is 10.7. The molecule has 2 aliphatic carbocycles. The van der Waals surface area contributed by atoms with Crippen molar-refractivity contribution in [2.45, 2.75) is 31.3 Å². The lowest BCUT2D eigenvalue weighted by atomic mass is 9.61. The van der Waals surface area contributed by atoms with Crippen LogP contribution in [0.25, 0.3) is 0 Å². The highest BCUT2D eigenvalue weighted by molar-refractivity contribution is 14.1. The maximum atomic E-state index is 5.10. The van der Waals surface area contributed by atoms with E-state index in [0.29, 0.717) is 11.8 Å². The number of azo groups is 1. The molecule has 5 rings (SSSR count). The third-order valence-electron chi connectivity index (χ3n) is 6.99. The molecule has 26 heavy (non-hydrogen) atoms. The van der Waals surface area contributed by atoms with Crippen molar-refractivity contribution in [2.75, 3.05) is 0 Å². The van der Waals surface area contributed by atoms with Crippen LogP contribution < -0.4 is 0 Å². The van der Waals surface area contributed by atoms with Gasteiger partial charge in [-0.2, -0.15) is 10.2 Å². The molecule has 0 amide bonds. The smallest absolute Gasteiger partial charge is 0.121 e. The summed E-state index contributed by atoms with van der Waals surface area (Å²) < 4.78 is 2.53. The van der Waals surface area contributed by atoms with Gasteiger partial charge in [-0.1, -0.05) is 50.3 Å². The molecule has 0 unspecified atom stereocenters. The molecular weight excluding hydrogens is 546 g/mol. The molecule has 0 saturated heterocycles. The van der Waals surface area contributed by atoms with Crippen LogP contribution in [0.5, 0.6) is 0 Å². The molecule has 132 valence electrons. The number of hydrogen-bond donors (Lipinski definition) is 0. The van der Waals surface area contributed by atoms with Crippen LogP contribution in [0.1, 0.15) is 31.4 Å². The number of rotatable bonds is 2. The van der Waals surface area contributed by atoms with Gasteiger partial charge in [0.05, 0.1) is 0 Å². The molecule has 3 aliphatic rings. The SMILES string of the molecule is CC1(C)[C@]2(c3cccc(I)c3)N=N[C@@]1(c1cccc(I)c1)[C@H]1CC=C[C@H]12. The van der Waals surface area contributed by atoms with Crippen LogP contribution in [-0.2, 0) is 11.1 Å². The third kappa shape index (κ3) is 1.88.